The first-order chi connectivity index (χ1) is 38.5. The van der Waals surface area contributed by atoms with E-state index in [-0.39, 0.29) is 31.1 Å². The van der Waals surface area contributed by atoms with Crippen LogP contribution >= 0.6 is 0 Å². The minimum atomic E-state index is -0.794. The minimum Gasteiger partial charge on any atom is -0.462 e. The lowest BCUT2D eigenvalue weighted by Crippen LogP contribution is -2.30. The smallest absolute Gasteiger partial charge is 0.306 e. The van der Waals surface area contributed by atoms with E-state index in [1.54, 1.807) is 0 Å². The summed E-state index contributed by atoms with van der Waals surface area (Å²) in [5.74, 6) is -0.905. The van der Waals surface area contributed by atoms with Gasteiger partial charge in [-0.25, -0.2) is 0 Å². The van der Waals surface area contributed by atoms with Crippen LogP contribution in [0.25, 0.3) is 0 Å². The van der Waals surface area contributed by atoms with E-state index >= 15 is 0 Å². The van der Waals surface area contributed by atoms with E-state index in [0.29, 0.717) is 19.3 Å². The van der Waals surface area contributed by atoms with Gasteiger partial charge in [0.05, 0.1) is 0 Å². The molecule has 0 aliphatic heterocycles. The first kappa shape index (κ1) is 74.3. The second-order valence-electron chi connectivity index (χ2n) is 22.0. The Bertz CT molecular complexity index is 1530. The molecule has 0 radical (unpaired) electrons. The van der Waals surface area contributed by atoms with Crippen LogP contribution in [0.3, 0.4) is 0 Å². The van der Waals surface area contributed by atoms with Crippen molar-refractivity contribution in [2.75, 3.05) is 13.2 Å². The van der Waals surface area contributed by atoms with Gasteiger partial charge in [-0.15, -0.1) is 0 Å². The third-order valence-electron chi connectivity index (χ3n) is 14.3. The molecule has 0 saturated heterocycles. The fourth-order valence-electron chi connectivity index (χ4n) is 9.25. The van der Waals surface area contributed by atoms with Gasteiger partial charge in [0.1, 0.15) is 13.2 Å². The van der Waals surface area contributed by atoms with Crippen molar-refractivity contribution in [3.05, 3.63) is 97.2 Å². The fraction of sp³-hybridized carbons (Fsp3) is 0.736. The second-order valence-corrected chi connectivity index (χ2v) is 22.0. The van der Waals surface area contributed by atoms with E-state index in [0.717, 1.165) is 116 Å². The highest BCUT2D eigenvalue weighted by Crippen LogP contribution is 2.15. The van der Waals surface area contributed by atoms with Crippen LogP contribution in [0, 0.1) is 0 Å². The summed E-state index contributed by atoms with van der Waals surface area (Å²) in [4.78, 5) is 38.4. The Balaban J connectivity index is 4.43. The zero-order valence-corrected chi connectivity index (χ0v) is 51.4. The first-order valence-corrected chi connectivity index (χ1v) is 33.2. The maximum Gasteiger partial charge on any atom is 0.306 e. The van der Waals surface area contributed by atoms with Gasteiger partial charge in [0, 0.05) is 19.3 Å². The van der Waals surface area contributed by atoms with Crippen LogP contribution in [0.4, 0.5) is 0 Å². The third-order valence-corrected chi connectivity index (χ3v) is 14.3. The van der Waals surface area contributed by atoms with Crippen molar-refractivity contribution in [1.29, 1.82) is 0 Å². The maximum atomic E-state index is 12.9. The van der Waals surface area contributed by atoms with Gasteiger partial charge in [0.2, 0.25) is 0 Å². The monoisotopic (exact) mass is 1080 g/mol. The van der Waals surface area contributed by atoms with Gasteiger partial charge >= 0.3 is 17.9 Å². The Morgan fingerprint density at radius 2 is 0.462 bits per heavy atom. The molecule has 0 fully saturated rings. The molecule has 0 aromatic carbocycles. The molecule has 0 amide bonds. The fourth-order valence-corrected chi connectivity index (χ4v) is 9.25. The summed E-state index contributed by atoms with van der Waals surface area (Å²) in [6, 6.07) is 0. The lowest BCUT2D eigenvalue weighted by atomic mass is 10.1. The van der Waals surface area contributed by atoms with E-state index < -0.39 is 6.10 Å². The van der Waals surface area contributed by atoms with Crippen molar-refractivity contribution in [2.24, 2.45) is 0 Å². The minimum absolute atomic E-state index is 0.0893. The molecule has 0 N–H and O–H groups in total. The van der Waals surface area contributed by atoms with Gasteiger partial charge in [-0.1, -0.05) is 272 Å². The van der Waals surface area contributed by atoms with E-state index in [2.05, 4.69) is 118 Å². The Hall–Kier alpha value is -3.67. The van der Waals surface area contributed by atoms with Crippen LogP contribution < -0.4 is 0 Å². The number of unbranched alkanes of at least 4 members (excludes halogenated alkanes) is 33. The molecular formula is C72H124O6. The molecule has 6 nitrogen and oxygen atoms in total. The van der Waals surface area contributed by atoms with Gasteiger partial charge in [0.25, 0.3) is 0 Å². The van der Waals surface area contributed by atoms with Crippen LogP contribution in [0.15, 0.2) is 97.2 Å². The number of carbonyl (C=O) groups excluding carboxylic acids is 3. The van der Waals surface area contributed by atoms with Crippen LogP contribution in [-0.4, -0.2) is 37.2 Å². The molecule has 0 aliphatic carbocycles. The average Bonchev–Trinajstić information content (AvgIpc) is 3.44. The van der Waals surface area contributed by atoms with Gasteiger partial charge in [-0.05, 0) is 128 Å². The predicted molar refractivity (Wildman–Crippen MR) is 339 cm³/mol. The largest absolute Gasteiger partial charge is 0.462 e. The number of hydrogen-bond donors (Lipinski definition) is 0. The van der Waals surface area contributed by atoms with Crippen LogP contribution in [0.1, 0.15) is 323 Å². The predicted octanol–water partition coefficient (Wildman–Crippen LogP) is 22.8. The second kappa shape index (κ2) is 65.8. The summed E-state index contributed by atoms with van der Waals surface area (Å²) >= 11 is 0. The molecule has 0 bridgehead atoms. The van der Waals surface area contributed by atoms with Crippen LogP contribution in [0.2, 0.25) is 0 Å². The zero-order valence-electron chi connectivity index (χ0n) is 51.4. The summed E-state index contributed by atoms with van der Waals surface area (Å²) in [7, 11) is 0. The summed E-state index contributed by atoms with van der Waals surface area (Å²) < 4.78 is 16.9. The summed E-state index contributed by atoms with van der Waals surface area (Å²) in [5.41, 5.74) is 0. The molecule has 78 heavy (non-hydrogen) atoms. The highest BCUT2D eigenvalue weighted by Gasteiger charge is 2.19. The molecular weight excluding hydrogens is 961 g/mol. The number of hydrogen-bond acceptors (Lipinski definition) is 6. The molecule has 0 saturated carbocycles. The van der Waals surface area contributed by atoms with Gasteiger partial charge < -0.3 is 14.2 Å². The summed E-state index contributed by atoms with van der Waals surface area (Å²) in [6.45, 7) is 6.59. The lowest BCUT2D eigenvalue weighted by molar-refractivity contribution is -0.167. The Morgan fingerprint density at radius 3 is 0.756 bits per heavy atom. The standard InChI is InChI=1S/C72H124O6/c1-4-7-10-13-16-19-22-25-28-31-34-35-36-37-39-41-44-47-50-53-56-59-62-65-71(74)77-68-69(67-76-70(73)64-61-58-55-52-49-46-43-40-33-30-27-24-21-18-15-12-9-6-3)78-72(75)66-63-60-57-54-51-48-45-42-38-32-29-26-23-20-17-14-11-8-5-2/h17,20-22,24-26,29-31,33-34,36-38,42,69H,4-16,18-19,23,27-28,32,35,39-41,43-68H2,1-3H3/b20-17-,24-21-,25-22-,29-26-,33-30-,34-31-,37-36-,42-38-. The van der Waals surface area contributed by atoms with Gasteiger partial charge in [-0.3, -0.25) is 14.4 Å². The van der Waals surface area contributed by atoms with Crippen molar-refractivity contribution in [1.82, 2.24) is 0 Å². The van der Waals surface area contributed by atoms with E-state index in [1.165, 1.54) is 167 Å². The van der Waals surface area contributed by atoms with Crippen LogP contribution in [0.5, 0.6) is 0 Å². The van der Waals surface area contributed by atoms with E-state index in [4.69, 9.17) is 14.2 Å². The molecule has 0 spiro atoms. The number of esters is 3. The van der Waals surface area contributed by atoms with Gasteiger partial charge in [0.15, 0.2) is 6.10 Å². The maximum absolute atomic E-state index is 12.9. The highest BCUT2D eigenvalue weighted by molar-refractivity contribution is 5.71. The SMILES string of the molecule is CCCCC/C=C\C/C=C\C/C=C\CCCCCCCCC(=O)OC(COC(=O)CCCCCCCCC/C=C\C/C=C\CCCCCC)COC(=O)CCCCCCCCCC/C=C\C/C=C\C/C=C\CCCCCCC. The summed E-state index contributed by atoms with van der Waals surface area (Å²) in [5, 5.41) is 0. The number of allylic oxidation sites excluding steroid dienone is 16. The Kier molecular flexibility index (Phi) is 62.7. The quantitative estimate of drug-likeness (QED) is 0.0261. The number of rotatable bonds is 60. The van der Waals surface area contributed by atoms with Crippen LogP contribution in [-0.2, 0) is 28.6 Å². The molecule has 0 heterocycles. The third kappa shape index (κ3) is 63.2. The molecule has 0 aromatic heterocycles. The normalized spacial score (nSPS) is 12.7. The lowest BCUT2D eigenvalue weighted by Gasteiger charge is -2.18. The Labute approximate surface area is 483 Å². The topological polar surface area (TPSA) is 78.9 Å². The van der Waals surface area contributed by atoms with Gasteiger partial charge in [-0.2, -0.15) is 0 Å². The Morgan fingerprint density at radius 1 is 0.256 bits per heavy atom. The molecule has 6 heteroatoms. The average molecular weight is 1090 g/mol. The molecule has 1 unspecified atom stereocenters. The number of ether oxygens (including phenoxy) is 3. The summed E-state index contributed by atoms with van der Waals surface area (Å²) in [6.07, 6.45) is 88.3. The molecule has 0 aliphatic rings. The molecule has 448 valence electrons. The van der Waals surface area contributed by atoms with Crippen molar-refractivity contribution in [2.45, 2.75) is 329 Å². The molecule has 0 rings (SSSR count). The first-order valence-electron chi connectivity index (χ1n) is 33.2. The zero-order chi connectivity index (χ0) is 56.4. The number of carbonyl (C=O) groups is 3. The van der Waals surface area contributed by atoms with E-state index in [1.807, 2.05) is 0 Å². The highest BCUT2D eigenvalue weighted by atomic mass is 16.6. The van der Waals surface area contributed by atoms with E-state index in [9.17, 15) is 14.4 Å². The van der Waals surface area contributed by atoms with Crippen molar-refractivity contribution >= 4 is 17.9 Å². The van der Waals surface area contributed by atoms with Crippen molar-refractivity contribution < 1.29 is 28.6 Å². The molecule has 1 atom stereocenters. The van der Waals surface area contributed by atoms with Crippen molar-refractivity contribution in [3.8, 4) is 0 Å². The molecule has 0 aromatic rings. The van der Waals surface area contributed by atoms with Crippen molar-refractivity contribution in [3.63, 3.8) is 0 Å².